The summed E-state index contributed by atoms with van der Waals surface area (Å²) in [5.74, 6) is -0.0969. The molecule has 0 saturated heterocycles. The summed E-state index contributed by atoms with van der Waals surface area (Å²) in [7, 11) is 0. The van der Waals surface area contributed by atoms with Crippen LogP contribution >= 0.6 is 11.3 Å². The van der Waals surface area contributed by atoms with Gasteiger partial charge >= 0.3 is 0 Å². The SMILES string of the molecule is CC(=O)Nc1nc2cccc(-c3ccccc3)c2s1. The molecule has 0 unspecified atom stereocenters. The third-order valence-electron chi connectivity index (χ3n) is 2.78. The molecular formula is C15H12N2OS. The topological polar surface area (TPSA) is 42.0 Å². The molecule has 4 heteroatoms. The fraction of sp³-hybridized carbons (Fsp3) is 0.0667. The first-order chi connectivity index (χ1) is 9.24. The van der Waals surface area contributed by atoms with E-state index in [4.69, 9.17) is 0 Å². The summed E-state index contributed by atoms with van der Waals surface area (Å²) >= 11 is 1.50. The number of fused-ring (bicyclic) bond motifs is 1. The monoisotopic (exact) mass is 268 g/mol. The van der Waals surface area contributed by atoms with Gasteiger partial charge in [-0.25, -0.2) is 4.98 Å². The second-order valence-electron chi connectivity index (χ2n) is 4.22. The summed E-state index contributed by atoms with van der Waals surface area (Å²) in [4.78, 5) is 15.5. The van der Waals surface area contributed by atoms with Crippen molar-refractivity contribution >= 4 is 32.6 Å². The highest BCUT2D eigenvalue weighted by Gasteiger charge is 2.09. The summed E-state index contributed by atoms with van der Waals surface area (Å²) < 4.78 is 1.09. The van der Waals surface area contributed by atoms with E-state index in [1.54, 1.807) is 0 Å². The number of carbonyl (C=O) groups is 1. The van der Waals surface area contributed by atoms with Crippen LogP contribution < -0.4 is 5.32 Å². The number of carbonyl (C=O) groups excluding carboxylic acids is 1. The highest BCUT2D eigenvalue weighted by atomic mass is 32.1. The second kappa shape index (κ2) is 4.82. The molecule has 3 nitrogen and oxygen atoms in total. The molecule has 1 amide bonds. The van der Waals surface area contributed by atoms with E-state index in [-0.39, 0.29) is 5.91 Å². The van der Waals surface area contributed by atoms with E-state index in [0.717, 1.165) is 21.3 Å². The Hall–Kier alpha value is -2.20. The molecule has 1 heterocycles. The van der Waals surface area contributed by atoms with Crippen LogP contribution in [0.2, 0.25) is 0 Å². The molecule has 0 spiro atoms. The first-order valence-electron chi connectivity index (χ1n) is 5.96. The van der Waals surface area contributed by atoms with Crippen LogP contribution in [0.4, 0.5) is 5.13 Å². The Morgan fingerprint density at radius 1 is 1.11 bits per heavy atom. The minimum Gasteiger partial charge on any atom is -0.302 e. The van der Waals surface area contributed by atoms with Crippen LogP contribution in [0, 0.1) is 0 Å². The fourth-order valence-corrected chi connectivity index (χ4v) is 3.04. The van der Waals surface area contributed by atoms with Crippen LogP contribution in [0.5, 0.6) is 0 Å². The maximum atomic E-state index is 11.1. The maximum Gasteiger partial charge on any atom is 0.223 e. The van der Waals surface area contributed by atoms with Gasteiger partial charge in [0.15, 0.2) is 5.13 Å². The third-order valence-corrected chi connectivity index (χ3v) is 3.80. The van der Waals surface area contributed by atoms with Crippen LogP contribution in [-0.4, -0.2) is 10.9 Å². The molecule has 0 aliphatic heterocycles. The van der Waals surface area contributed by atoms with E-state index in [2.05, 4.69) is 28.5 Å². The van der Waals surface area contributed by atoms with Gasteiger partial charge in [-0.2, -0.15) is 0 Å². The summed E-state index contributed by atoms with van der Waals surface area (Å²) in [6.45, 7) is 1.49. The number of hydrogen-bond acceptors (Lipinski definition) is 3. The Morgan fingerprint density at radius 3 is 2.63 bits per heavy atom. The van der Waals surface area contributed by atoms with Crippen molar-refractivity contribution in [3.8, 4) is 11.1 Å². The van der Waals surface area contributed by atoms with Crippen LogP contribution in [0.1, 0.15) is 6.92 Å². The van der Waals surface area contributed by atoms with E-state index in [1.165, 1.54) is 18.3 Å². The zero-order valence-corrected chi connectivity index (χ0v) is 11.2. The van der Waals surface area contributed by atoms with Gasteiger partial charge in [0.1, 0.15) is 0 Å². The number of anilines is 1. The predicted molar refractivity (Wildman–Crippen MR) is 79.4 cm³/mol. The largest absolute Gasteiger partial charge is 0.302 e. The number of rotatable bonds is 2. The molecule has 0 atom stereocenters. The van der Waals surface area contributed by atoms with Gasteiger partial charge in [0.25, 0.3) is 0 Å². The van der Waals surface area contributed by atoms with Crippen molar-refractivity contribution in [1.29, 1.82) is 0 Å². The molecule has 19 heavy (non-hydrogen) atoms. The lowest BCUT2D eigenvalue weighted by Crippen LogP contribution is -2.04. The van der Waals surface area contributed by atoms with E-state index < -0.39 is 0 Å². The summed E-state index contributed by atoms with van der Waals surface area (Å²) in [6, 6.07) is 16.2. The molecular weight excluding hydrogens is 256 g/mol. The number of amides is 1. The van der Waals surface area contributed by atoms with Crippen molar-refractivity contribution in [2.45, 2.75) is 6.92 Å². The molecule has 0 saturated carbocycles. The first kappa shape index (κ1) is 11.9. The molecule has 3 rings (SSSR count). The average molecular weight is 268 g/mol. The first-order valence-corrected chi connectivity index (χ1v) is 6.78. The summed E-state index contributed by atoms with van der Waals surface area (Å²) in [5, 5.41) is 3.39. The zero-order chi connectivity index (χ0) is 13.2. The van der Waals surface area contributed by atoms with Crippen molar-refractivity contribution in [1.82, 2.24) is 4.98 Å². The lowest BCUT2D eigenvalue weighted by atomic mass is 10.1. The Labute approximate surface area is 114 Å². The third kappa shape index (κ3) is 2.35. The molecule has 2 aromatic carbocycles. The van der Waals surface area contributed by atoms with E-state index >= 15 is 0 Å². The molecule has 0 radical (unpaired) electrons. The van der Waals surface area contributed by atoms with Gasteiger partial charge in [-0.1, -0.05) is 53.8 Å². The molecule has 1 aromatic heterocycles. The number of nitrogens with zero attached hydrogens (tertiary/aromatic N) is 1. The second-order valence-corrected chi connectivity index (χ2v) is 5.22. The lowest BCUT2D eigenvalue weighted by molar-refractivity contribution is -0.114. The number of nitrogens with one attached hydrogen (secondary N) is 1. The van der Waals surface area contributed by atoms with Gasteiger partial charge in [0.2, 0.25) is 5.91 Å². The minimum absolute atomic E-state index is 0.0969. The van der Waals surface area contributed by atoms with Crippen molar-refractivity contribution < 1.29 is 4.79 Å². The van der Waals surface area contributed by atoms with Crippen molar-refractivity contribution in [3.05, 3.63) is 48.5 Å². The van der Waals surface area contributed by atoms with Gasteiger partial charge in [0, 0.05) is 12.5 Å². The van der Waals surface area contributed by atoms with Crippen LogP contribution in [0.3, 0.4) is 0 Å². The van der Waals surface area contributed by atoms with Crippen LogP contribution in [-0.2, 0) is 4.79 Å². The summed E-state index contributed by atoms with van der Waals surface area (Å²) in [5.41, 5.74) is 3.22. The quantitative estimate of drug-likeness (QED) is 0.765. The molecule has 1 N–H and O–H groups in total. The minimum atomic E-state index is -0.0969. The fourth-order valence-electron chi connectivity index (χ4n) is 2.00. The number of thiazole rings is 1. The predicted octanol–water partition coefficient (Wildman–Crippen LogP) is 3.92. The van der Waals surface area contributed by atoms with E-state index in [0.29, 0.717) is 5.13 Å². The lowest BCUT2D eigenvalue weighted by Gasteiger charge is -2.01. The number of benzene rings is 2. The molecule has 0 bridgehead atoms. The number of hydrogen-bond donors (Lipinski definition) is 1. The maximum absolute atomic E-state index is 11.1. The van der Waals surface area contributed by atoms with Gasteiger partial charge < -0.3 is 5.32 Å². The van der Waals surface area contributed by atoms with Gasteiger partial charge in [-0.05, 0) is 11.6 Å². The molecule has 3 aromatic rings. The molecule has 0 aliphatic carbocycles. The Bertz CT molecular complexity index is 734. The summed E-state index contributed by atoms with van der Waals surface area (Å²) in [6.07, 6.45) is 0. The molecule has 0 fully saturated rings. The van der Waals surface area contributed by atoms with Crippen molar-refractivity contribution in [2.24, 2.45) is 0 Å². The highest BCUT2D eigenvalue weighted by Crippen LogP contribution is 2.34. The Morgan fingerprint density at radius 2 is 1.89 bits per heavy atom. The van der Waals surface area contributed by atoms with Gasteiger partial charge in [0.05, 0.1) is 10.2 Å². The van der Waals surface area contributed by atoms with Crippen LogP contribution in [0.15, 0.2) is 48.5 Å². The highest BCUT2D eigenvalue weighted by molar-refractivity contribution is 7.22. The Balaban J connectivity index is 2.15. The average Bonchev–Trinajstić information content (AvgIpc) is 2.80. The zero-order valence-electron chi connectivity index (χ0n) is 10.4. The van der Waals surface area contributed by atoms with Crippen molar-refractivity contribution in [3.63, 3.8) is 0 Å². The van der Waals surface area contributed by atoms with Gasteiger partial charge in [-0.3, -0.25) is 4.79 Å². The molecule has 94 valence electrons. The Kier molecular flexibility index (Phi) is 3.01. The van der Waals surface area contributed by atoms with Gasteiger partial charge in [-0.15, -0.1) is 0 Å². The number of aromatic nitrogens is 1. The van der Waals surface area contributed by atoms with E-state index in [1.807, 2.05) is 30.3 Å². The van der Waals surface area contributed by atoms with E-state index in [9.17, 15) is 4.79 Å². The standard InChI is InChI=1S/C15H12N2OS/c1-10(18)16-15-17-13-9-5-8-12(14(13)19-15)11-6-3-2-4-7-11/h2-9H,1H3,(H,16,17,18). The van der Waals surface area contributed by atoms with Crippen molar-refractivity contribution in [2.75, 3.05) is 5.32 Å². The normalized spacial score (nSPS) is 10.6. The molecule has 0 aliphatic rings. The van der Waals surface area contributed by atoms with Crippen LogP contribution in [0.25, 0.3) is 21.3 Å². The smallest absolute Gasteiger partial charge is 0.223 e.